The second-order valence-corrected chi connectivity index (χ2v) is 7.57. The Balaban J connectivity index is 1.65. The van der Waals surface area contributed by atoms with Crippen molar-refractivity contribution in [3.05, 3.63) is 57.5 Å². The van der Waals surface area contributed by atoms with Crippen LogP contribution in [-0.4, -0.2) is 37.5 Å². The summed E-state index contributed by atoms with van der Waals surface area (Å²) in [5.41, 5.74) is 1.37. The molecule has 0 fully saturated rings. The van der Waals surface area contributed by atoms with Gasteiger partial charge in [-0.25, -0.2) is 4.79 Å². The molecule has 10 heteroatoms. The Morgan fingerprint density at radius 1 is 0.935 bits per heavy atom. The largest absolute Gasteiger partial charge is 0.465 e. The number of ether oxygens (including phenoxy) is 2. The molecule has 0 aliphatic rings. The van der Waals surface area contributed by atoms with Gasteiger partial charge in [0.15, 0.2) is 6.61 Å². The molecular formula is C21H20BrClN2O6. The molecule has 8 nitrogen and oxygen atoms in total. The van der Waals surface area contributed by atoms with E-state index in [4.69, 9.17) is 16.3 Å². The second-order valence-electron chi connectivity index (χ2n) is 6.31. The van der Waals surface area contributed by atoms with Crippen LogP contribution in [0.5, 0.6) is 0 Å². The van der Waals surface area contributed by atoms with E-state index in [0.29, 0.717) is 26.4 Å². The number of nitrogens with one attached hydrogen (secondary N) is 2. The fourth-order valence-electron chi connectivity index (χ4n) is 2.41. The van der Waals surface area contributed by atoms with E-state index in [9.17, 15) is 19.2 Å². The first-order valence-electron chi connectivity index (χ1n) is 9.17. The topological polar surface area (TPSA) is 111 Å². The van der Waals surface area contributed by atoms with Crippen molar-refractivity contribution in [2.75, 3.05) is 24.4 Å². The van der Waals surface area contributed by atoms with Gasteiger partial charge in [-0.1, -0.05) is 11.6 Å². The molecule has 0 heterocycles. The molecule has 0 unspecified atom stereocenters. The Bertz CT molecular complexity index is 965. The number of carbonyl (C=O) groups excluding carboxylic acids is 4. The zero-order valence-corrected chi connectivity index (χ0v) is 18.9. The summed E-state index contributed by atoms with van der Waals surface area (Å²) in [7, 11) is 1.29. The van der Waals surface area contributed by atoms with Crippen LogP contribution in [0.15, 0.2) is 46.9 Å². The predicted octanol–water partition coefficient (Wildman–Crippen LogP) is 4.18. The third-order valence-electron chi connectivity index (χ3n) is 3.94. The summed E-state index contributed by atoms with van der Waals surface area (Å²) in [6.07, 6.45) is 0.346. The van der Waals surface area contributed by atoms with Crippen molar-refractivity contribution in [1.29, 1.82) is 0 Å². The van der Waals surface area contributed by atoms with Crippen LogP contribution >= 0.6 is 27.5 Å². The molecular weight excluding hydrogens is 492 g/mol. The standard InChI is InChI=1S/C21H20BrClN2O6/c1-30-21(29)13-5-7-14(8-6-13)24-18(26)3-2-4-20(28)31-12-19(27)25-15-9-10-16(22)17(23)11-15/h5-11H,2-4,12H2,1H3,(H,24,26)(H,25,27). The monoisotopic (exact) mass is 510 g/mol. The van der Waals surface area contributed by atoms with Crippen LogP contribution in [0.1, 0.15) is 29.6 Å². The van der Waals surface area contributed by atoms with E-state index in [0.717, 1.165) is 0 Å². The molecule has 2 rings (SSSR count). The zero-order valence-electron chi connectivity index (χ0n) is 16.6. The zero-order chi connectivity index (χ0) is 22.8. The van der Waals surface area contributed by atoms with Crippen molar-refractivity contribution in [2.45, 2.75) is 19.3 Å². The number of benzene rings is 2. The van der Waals surface area contributed by atoms with Crippen LogP contribution in [0.2, 0.25) is 5.02 Å². The van der Waals surface area contributed by atoms with Crippen molar-refractivity contribution < 1.29 is 28.7 Å². The highest BCUT2D eigenvalue weighted by molar-refractivity contribution is 9.10. The lowest BCUT2D eigenvalue weighted by Crippen LogP contribution is -2.21. The molecule has 2 aromatic rings. The van der Waals surface area contributed by atoms with Gasteiger partial charge >= 0.3 is 11.9 Å². The number of hydrogen-bond acceptors (Lipinski definition) is 6. The molecule has 0 aliphatic heterocycles. The Morgan fingerprint density at radius 3 is 2.23 bits per heavy atom. The van der Waals surface area contributed by atoms with Gasteiger partial charge in [-0.05, 0) is 64.8 Å². The van der Waals surface area contributed by atoms with Gasteiger partial charge in [0.1, 0.15) is 0 Å². The lowest BCUT2D eigenvalue weighted by atomic mass is 10.2. The molecule has 0 atom stereocenters. The maximum atomic E-state index is 12.0. The third-order valence-corrected chi connectivity index (χ3v) is 5.17. The molecule has 0 spiro atoms. The second kappa shape index (κ2) is 12.1. The maximum absolute atomic E-state index is 12.0. The molecule has 164 valence electrons. The van der Waals surface area contributed by atoms with Crippen LogP contribution in [0, 0.1) is 0 Å². The van der Waals surface area contributed by atoms with Gasteiger partial charge in [-0.15, -0.1) is 0 Å². The van der Waals surface area contributed by atoms with Gasteiger partial charge in [0.05, 0.1) is 17.7 Å². The van der Waals surface area contributed by atoms with E-state index in [1.54, 1.807) is 30.3 Å². The van der Waals surface area contributed by atoms with Crippen molar-refractivity contribution in [1.82, 2.24) is 0 Å². The number of halogens is 2. The summed E-state index contributed by atoms with van der Waals surface area (Å²) >= 11 is 9.20. The van der Waals surface area contributed by atoms with Crippen LogP contribution < -0.4 is 10.6 Å². The van der Waals surface area contributed by atoms with Gasteiger partial charge in [-0.2, -0.15) is 0 Å². The van der Waals surface area contributed by atoms with E-state index >= 15 is 0 Å². The molecule has 0 aromatic heterocycles. The molecule has 0 saturated heterocycles. The lowest BCUT2D eigenvalue weighted by molar-refractivity contribution is -0.147. The van der Waals surface area contributed by atoms with E-state index in [2.05, 4.69) is 31.3 Å². The van der Waals surface area contributed by atoms with Gasteiger partial charge in [0.25, 0.3) is 5.91 Å². The number of amides is 2. The van der Waals surface area contributed by atoms with Crippen molar-refractivity contribution in [3.8, 4) is 0 Å². The molecule has 0 saturated carbocycles. The van der Waals surface area contributed by atoms with E-state index < -0.39 is 24.5 Å². The fraction of sp³-hybridized carbons (Fsp3) is 0.238. The molecule has 0 radical (unpaired) electrons. The van der Waals surface area contributed by atoms with Crippen LogP contribution in [0.25, 0.3) is 0 Å². The summed E-state index contributed by atoms with van der Waals surface area (Å²) in [6.45, 7) is -0.439. The number of methoxy groups -OCH3 is 1. The Labute approximate surface area is 192 Å². The summed E-state index contributed by atoms with van der Waals surface area (Å²) in [6, 6.07) is 11.1. The van der Waals surface area contributed by atoms with Crippen LogP contribution in [0.4, 0.5) is 11.4 Å². The smallest absolute Gasteiger partial charge is 0.337 e. The summed E-state index contributed by atoms with van der Waals surface area (Å²) in [5.74, 6) is -1.84. The lowest BCUT2D eigenvalue weighted by Gasteiger charge is -2.08. The molecule has 2 amide bonds. The fourth-order valence-corrected chi connectivity index (χ4v) is 2.84. The third kappa shape index (κ3) is 8.39. The first kappa shape index (κ1) is 24.4. The summed E-state index contributed by atoms with van der Waals surface area (Å²) in [4.78, 5) is 46.9. The van der Waals surface area contributed by atoms with Gasteiger partial charge < -0.3 is 20.1 Å². The molecule has 0 bridgehead atoms. The average Bonchev–Trinajstić information content (AvgIpc) is 2.75. The van der Waals surface area contributed by atoms with Crippen molar-refractivity contribution in [3.63, 3.8) is 0 Å². The quantitative estimate of drug-likeness (QED) is 0.489. The first-order valence-corrected chi connectivity index (χ1v) is 10.3. The van der Waals surface area contributed by atoms with Crippen molar-refractivity contribution >= 4 is 62.7 Å². The first-order chi connectivity index (χ1) is 14.8. The molecule has 2 aromatic carbocycles. The number of anilines is 2. The molecule has 2 N–H and O–H groups in total. The van der Waals surface area contributed by atoms with Crippen LogP contribution in [0.3, 0.4) is 0 Å². The highest BCUT2D eigenvalue weighted by Crippen LogP contribution is 2.25. The normalized spacial score (nSPS) is 10.2. The van der Waals surface area contributed by atoms with Crippen LogP contribution in [-0.2, 0) is 23.9 Å². The Morgan fingerprint density at radius 2 is 1.58 bits per heavy atom. The highest BCUT2D eigenvalue weighted by Gasteiger charge is 2.11. The minimum atomic E-state index is -0.584. The number of carbonyl (C=O) groups is 4. The Hall–Kier alpha value is -2.91. The van der Waals surface area contributed by atoms with E-state index in [1.165, 1.54) is 19.2 Å². The van der Waals surface area contributed by atoms with E-state index in [1.807, 2.05) is 0 Å². The average molecular weight is 512 g/mol. The summed E-state index contributed by atoms with van der Waals surface area (Å²) in [5, 5.41) is 5.67. The van der Waals surface area contributed by atoms with Crippen molar-refractivity contribution in [2.24, 2.45) is 0 Å². The maximum Gasteiger partial charge on any atom is 0.337 e. The predicted molar refractivity (Wildman–Crippen MR) is 119 cm³/mol. The highest BCUT2D eigenvalue weighted by atomic mass is 79.9. The molecule has 31 heavy (non-hydrogen) atoms. The van der Waals surface area contributed by atoms with Gasteiger partial charge in [-0.3, -0.25) is 14.4 Å². The van der Waals surface area contributed by atoms with Gasteiger partial charge in [0, 0.05) is 28.7 Å². The minimum Gasteiger partial charge on any atom is -0.465 e. The number of esters is 2. The van der Waals surface area contributed by atoms with Gasteiger partial charge in [0.2, 0.25) is 5.91 Å². The molecule has 0 aliphatic carbocycles. The number of rotatable bonds is 9. The number of hydrogen-bond donors (Lipinski definition) is 2. The Kier molecular flexibility index (Phi) is 9.48. The summed E-state index contributed by atoms with van der Waals surface area (Å²) < 4.78 is 10.2. The van der Waals surface area contributed by atoms with E-state index in [-0.39, 0.29) is 25.2 Å². The minimum absolute atomic E-state index is 0.00785. The SMILES string of the molecule is COC(=O)c1ccc(NC(=O)CCCC(=O)OCC(=O)Nc2ccc(Br)c(Cl)c2)cc1.